The standard InChI is InChI=1S/C12H16ClNO/c1-8-5-12(14-7-8)10-4-3-9(15-2)6-11(10)13/h3-4,6,8,12,14H,5,7H2,1-2H3/t8-,12-/m1/s1. The molecule has 0 spiro atoms. The number of benzene rings is 1. The molecule has 0 aromatic heterocycles. The van der Waals surface area contributed by atoms with Crippen LogP contribution >= 0.6 is 11.6 Å². The molecule has 0 amide bonds. The van der Waals surface area contributed by atoms with Crippen LogP contribution in [-0.2, 0) is 0 Å². The minimum Gasteiger partial charge on any atom is -0.497 e. The molecule has 1 N–H and O–H groups in total. The summed E-state index contributed by atoms with van der Waals surface area (Å²) in [7, 11) is 1.65. The van der Waals surface area contributed by atoms with Gasteiger partial charge in [0.2, 0.25) is 0 Å². The third-order valence-corrected chi connectivity index (χ3v) is 3.26. The van der Waals surface area contributed by atoms with Crippen molar-refractivity contribution >= 4 is 11.6 Å². The summed E-state index contributed by atoms with van der Waals surface area (Å²) in [5, 5.41) is 4.27. The van der Waals surface area contributed by atoms with E-state index in [1.54, 1.807) is 7.11 Å². The molecule has 1 aliphatic rings. The summed E-state index contributed by atoms with van der Waals surface area (Å²) in [6, 6.07) is 6.29. The zero-order chi connectivity index (χ0) is 10.8. The van der Waals surface area contributed by atoms with E-state index >= 15 is 0 Å². The van der Waals surface area contributed by atoms with Crippen molar-refractivity contribution in [2.75, 3.05) is 13.7 Å². The zero-order valence-electron chi connectivity index (χ0n) is 9.09. The SMILES string of the molecule is COc1ccc([C@H]2C[C@@H](C)CN2)c(Cl)c1. The summed E-state index contributed by atoms with van der Waals surface area (Å²) >= 11 is 6.22. The fourth-order valence-corrected chi connectivity index (χ4v) is 2.37. The van der Waals surface area contributed by atoms with Gasteiger partial charge >= 0.3 is 0 Å². The van der Waals surface area contributed by atoms with E-state index in [1.807, 2.05) is 12.1 Å². The van der Waals surface area contributed by atoms with Crippen LogP contribution in [0.1, 0.15) is 24.9 Å². The minimum atomic E-state index is 0.401. The number of hydrogen-bond donors (Lipinski definition) is 1. The Bertz CT molecular complexity index is 353. The Balaban J connectivity index is 2.21. The largest absolute Gasteiger partial charge is 0.497 e. The van der Waals surface area contributed by atoms with Gasteiger partial charge < -0.3 is 10.1 Å². The number of methoxy groups -OCH3 is 1. The summed E-state index contributed by atoms with van der Waals surface area (Å²) in [4.78, 5) is 0. The fraction of sp³-hybridized carbons (Fsp3) is 0.500. The molecule has 1 fully saturated rings. The number of halogens is 1. The number of hydrogen-bond acceptors (Lipinski definition) is 2. The quantitative estimate of drug-likeness (QED) is 0.836. The molecule has 1 heterocycles. The van der Waals surface area contributed by atoms with E-state index in [0.29, 0.717) is 6.04 Å². The van der Waals surface area contributed by atoms with Crippen molar-refractivity contribution < 1.29 is 4.74 Å². The van der Waals surface area contributed by atoms with Gasteiger partial charge in [-0.1, -0.05) is 24.6 Å². The van der Waals surface area contributed by atoms with Crippen LogP contribution in [-0.4, -0.2) is 13.7 Å². The molecular weight excluding hydrogens is 210 g/mol. The van der Waals surface area contributed by atoms with Crippen LogP contribution < -0.4 is 10.1 Å². The Morgan fingerprint density at radius 2 is 2.27 bits per heavy atom. The van der Waals surface area contributed by atoms with Gasteiger partial charge in [0, 0.05) is 11.1 Å². The van der Waals surface area contributed by atoms with Gasteiger partial charge in [-0.25, -0.2) is 0 Å². The molecule has 0 radical (unpaired) electrons. The van der Waals surface area contributed by atoms with Gasteiger partial charge in [-0.3, -0.25) is 0 Å². The van der Waals surface area contributed by atoms with Crippen LogP contribution in [0, 0.1) is 5.92 Å². The lowest BCUT2D eigenvalue weighted by Gasteiger charge is -2.13. The second-order valence-corrected chi connectivity index (χ2v) is 4.60. The summed E-state index contributed by atoms with van der Waals surface area (Å²) in [5.74, 6) is 1.54. The average molecular weight is 226 g/mol. The number of rotatable bonds is 2. The van der Waals surface area contributed by atoms with Crippen molar-refractivity contribution in [1.29, 1.82) is 0 Å². The van der Waals surface area contributed by atoms with E-state index < -0.39 is 0 Å². The Morgan fingerprint density at radius 1 is 1.47 bits per heavy atom. The van der Waals surface area contributed by atoms with E-state index in [1.165, 1.54) is 5.56 Å². The van der Waals surface area contributed by atoms with Crippen LogP contribution in [0.2, 0.25) is 5.02 Å². The lowest BCUT2D eigenvalue weighted by atomic mass is 10.0. The van der Waals surface area contributed by atoms with E-state index in [2.05, 4.69) is 18.3 Å². The highest BCUT2D eigenvalue weighted by atomic mass is 35.5. The first-order valence-electron chi connectivity index (χ1n) is 5.27. The Labute approximate surface area is 95.6 Å². The fourth-order valence-electron chi connectivity index (χ4n) is 2.07. The second kappa shape index (κ2) is 4.42. The van der Waals surface area contributed by atoms with Crippen LogP contribution in [0.3, 0.4) is 0 Å². The highest BCUT2D eigenvalue weighted by Gasteiger charge is 2.23. The molecule has 2 nitrogen and oxygen atoms in total. The van der Waals surface area contributed by atoms with E-state index in [4.69, 9.17) is 16.3 Å². The molecule has 3 heteroatoms. The maximum atomic E-state index is 6.22. The second-order valence-electron chi connectivity index (χ2n) is 4.19. The van der Waals surface area contributed by atoms with Gasteiger partial charge in [0.05, 0.1) is 7.11 Å². The van der Waals surface area contributed by atoms with Crippen molar-refractivity contribution in [3.8, 4) is 5.75 Å². The molecule has 15 heavy (non-hydrogen) atoms. The number of ether oxygens (including phenoxy) is 1. The van der Waals surface area contributed by atoms with Crippen LogP contribution in [0.25, 0.3) is 0 Å². The van der Waals surface area contributed by atoms with Gasteiger partial charge in [-0.05, 0) is 36.6 Å². The molecule has 82 valence electrons. The van der Waals surface area contributed by atoms with E-state index in [0.717, 1.165) is 29.7 Å². The molecule has 2 atom stereocenters. The van der Waals surface area contributed by atoms with Gasteiger partial charge in [0.25, 0.3) is 0 Å². The molecule has 1 aliphatic heterocycles. The van der Waals surface area contributed by atoms with Gasteiger partial charge in [-0.15, -0.1) is 0 Å². The zero-order valence-corrected chi connectivity index (χ0v) is 9.84. The molecule has 2 rings (SSSR count). The molecule has 1 aromatic carbocycles. The molecular formula is C12H16ClNO. The van der Waals surface area contributed by atoms with Crippen molar-refractivity contribution in [2.45, 2.75) is 19.4 Å². The predicted molar refractivity (Wildman–Crippen MR) is 62.5 cm³/mol. The first kappa shape index (κ1) is 10.8. The first-order valence-corrected chi connectivity index (χ1v) is 5.65. The maximum Gasteiger partial charge on any atom is 0.120 e. The smallest absolute Gasteiger partial charge is 0.120 e. The third kappa shape index (κ3) is 2.27. The van der Waals surface area contributed by atoms with Crippen LogP contribution in [0.15, 0.2) is 18.2 Å². The monoisotopic (exact) mass is 225 g/mol. The molecule has 1 saturated heterocycles. The lowest BCUT2D eigenvalue weighted by molar-refractivity contribution is 0.414. The molecule has 0 bridgehead atoms. The third-order valence-electron chi connectivity index (χ3n) is 2.93. The maximum absolute atomic E-state index is 6.22. The van der Waals surface area contributed by atoms with Gasteiger partial charge in [-0.2, -0.15) is 0 Å². The first-order chi connectivity index (χ1) is 7.20. The van der Waals surface area contributed by atoms with Crippen molar-refractivity contribution in [3.05, 3.63) is 28.8 Å². The van der Waals surface area contributed by atoms with Crippen LogP contribution in [0.5, 0.6) is 5.75 Å². The van der Waals surface area contributed by atoms with E-state index in [-0.39, 0.29) is 0 Å². The molecule has 0 saturated carbocycles. The summed E-state index contributed by atoms with van der Waals surface area (Å²) < 4.78 is 5.13. The predicted octanol–water partition coefficient (Wildman–Crippen LogP) is 3.02. The summed E-state index contributed by atoms with van der Waals surface area (Å²) in [5.41, 5.74) is 1.18. The van der Waals surface area contributed by atoms with Crippen molar-refractivity contribution in [3.63, 3.8) is 0 Å². The normalized spacial score (nSPS) is 25.5. The van der Waals surface area contributed by atoms with Gasteiger partial charge in [0.15, 0.2) is 0 Å². The molecule has 0 unspecified atom stereocenters. The van der Waals surface area contributed by atoms with Crippen molar-refractivity contribution in [1.82, 2.24) is 5.32 Å². The lowest BCUT2D eigenvalue weighted by Crippen LogP contribution is -2.13. The van der Waals surface area contributed by atoms with Crippen molar-refractivity contribution in [2.24, 2.45) is 5.92 Å². The molecule has 1 aromatic rings. The Kier molecular flexibility index (Phi) is 3.17. The van der Waals surface area contributed by atoms with Gasteiger partial charge in [0.1, 0.15) is 5.75 Å². The molecule has 0 aliphatic carbocycles. The highest BCUT2D eigenvalue weighted by molar-refractivity contribution is 6.31. The van der Waals surface area contributed by atoms with E-state index in [9.17, 15) is 0 Å². The summed E-state index contributed by atoms with van der Waals surface area (Å²) in [6.45, 7) is 3.33. The Morgan fingerprint density at radius 3 is 2.80 bits per heavy atom. The average Bonchev–Trinajstić information content (AvgIpc) is 2.64. The highest BCUT2D eigenvalue weighted by Crippen LogP contribution is 2.33. The van der Waals surface area contributed by atoms with Crippen LogP contribution in [0.4, 0.5) is 0 Å². The Hall–Kier alpha value is -0.730. The summed E-state index contributed by atoms with van der Waals surface area (Å²) in [6.07, 6.45) is 1.16. The topological polar surface area (TPSA) is 21.3 Å². The number of nitrogens with one attached hydrogen (secondary N) is 1. The minimum absolute atomic E-state index is 0.401.